The maximum Gasteiger partial charge on any atom is 0.250 e. The average molecular weight is 381 g/mol. The lowest BCUT2D eigenvalue weighted by atomic mass is 10.1. The lowest BCUT2D eigenvalue weighted by Crippen LogP contribution is -2.57. The number of piperazine rings is 1. The molecule has 0 spiro atoms. The summed E-state index contributed by atoms with van der Waals surface area (Å²) in [6, 6.07) is 2.98. The molecule has 2 unspecified atom stereocenters. The fourth-order valence-corrected chi connectivity index (χ4v) is 4.69. The molecule has 138 valence electrons. The molecule has 0 aromatic heterocycles. The van der Waals surface area contributed by atoms with Crippen molar-refractivity contribution in [3.63, 3.8) is 0 Å². The number of sulfonamides is 1. The summed E-state index contributed by atoms with van der Waals surface area (Å²) in [6.07, 6.45) is 0. The van der Waals surface area contributed by atoms with Gasteiger partial charge < -0.3 is 19.5 Å². The van der Waals surface area contributed by atoms with Crippen LogP contribution in [0.5, 0.6) is 17.2 Å². The summed E-state index contributed by atoms with van der Waals surface area (Å²) in [4.78, 5) is 0.0317. The molecule has 24 heavy (non-hydrogen) atoms. The Balaban J connectivity index is 0.00000288. The lowest BCUT2D eigenvalue weighted by Gasteiger charge is -2.37. The van der Waals surface area contributed by atoms with Gasteiger partial charge in [-0.25, -0.2) is 8.42 Å². The van der Waals surface area contributed by atoms with Crippen molar-refractivity contribution < 1.29 is 22.6 Å². The van der Waals surface area contributed by atoms with E-state index in [-0.39, 0.29) is 40.9 Å². The van der Waals surface area contributed by atoms with E-state index in [0.717, 1.165) is 0 Å². The zero-order chi connectivity index (χ0) is 17.2. The minimum absolute atomic E-state index is 0. The molecule has 0 radical (unpaired) electrons. The Kier molecular flexibility index (Phi) is 7.15. The van der Waals surface area contributed by atoms with Crippen LogP contribution in [-0.4, -0.2) is 59.2 Å². The van der Waals surface area contributed by atoms with Crippen molar-refractivity contribution in [2.24, 2.45) is 0 Å². The highest BCUT2D eigenvalue weighted by atomic mass is 35.5. The first-order valence-corrected chi connectivity index (χ1v) is 8.86. The molecule has 2 atom stereocenters. The molecule has 9 heteroatoms. The van der Waals surface area contributed by atoms with Crippen LogP contribution in [-0.2, 0) is 10.0 Å². The molecule has 0 saturated carbocycles. The Morgan fingerprint density at radius 2 is 1.62 bits per heavy atom. The molecule has 7 nitrogen and oxygen atoms in total. The number of benzene rings is 1. The molecule has 0 bridgehead atoms. The van der Waals surface area contributed by atoms with Crippen LogP contribution in [0.4, 0.5) is 0 Å². The molecule has 1 heterocycles. The molecule has 1 aliphatic heterocycles. The predicted octanol–water partition coefficient (Wildman–Crippen LogP) is 1.51. The van der Waals surface area contributed by atoms with Crippen molar-refractivity contribution in [2.75, 3.05) is 34.4 Å². The van der Waals surface area contributed by atoms with Crippen molar-refractivity contribution in [1.29, 1.82) is 0 Å². The van der Waals surface area contributed by atoms with Crippen LogP contribution >= 0.6 is 12.4 Å². The van der Waals surface area contributed by atoms with Gasteiger partial charge in [0.2, 0.25) is 0 Å². The Hall–Kier alpha value is -1.22. The third-order valence-electron chi connectivity index (χ3n) is 4.21. The van der Waals surface area contributed by atoms with E-state index >= 15 is 0 Å². The van der Waals surface area contributed by atoms with E-state index in [9.17, 15) is 8.42 Å². The van der Waals surface area contributed by atoms with Gasteiger partial charge in [-0.2, -0.15) is 4.31 Å². The van der Waals surface area contributed by atoms with Gasteiger partial charge in [0, 0.05) is 37.3 Å². The van der Waals surface area contributed by atoms with Gasteiger partial charge in [-0.15, -0.1) is 12.4 Å². The van der Waals surface area contributed by atoms with Gasteiger partial charge in [0.1, 0.15) is 17.2 Å². The summed E-state index contributed by atoms with van der Waals surface area (Å²) >= 11 is 0. The molecule has 1 N–H and O–H groups in total. The largest absolute Gasteiger partial charge is 0.496 e. The Labute approximate surface area is 149 Å². The fourth-order valence-electron chi connectivity index (χ4n) is 2.71. The molecule has 1 fully saturated rings. The van der Waals surface area contributed by atoms with Crippen LogP contribution in [0.1, 0.15) is 13.8 Å². The number of rotatable bonds is 5. The average Bonchev–Trinajstić information content (AvgIpc) is 2.55. The van der Waals surface area contributed by atoms with Gasteiger partial charge >= 0.3 is 0 Å². The Morgan fingerprint density at radius 1 is 1.08 bits per heavy atom. The summed E-state index contributed by atoms with van der Waals surface area (Å²) in [5.41, 5.74) is 0. The number of methoxy groups -OCH3 is 3. The van der Waals surface area contributed by atoms with E-state index in [1.807, 2.05) is 13.8 Å². The van der Waals surface area contributed by atoms with Gasteiger partial charge in [-0.05, 0) is 13.8 Å². The summed E-state index contributed by atoms with van der Waals surface area (Å²) in [5.74, 6) is 0.888. The second-order valence-electron chi connectivity index (χ2n) is 5.46. The number of nitrogens with one attached hydrogen (secondary N) is 1. The van der Waals surface area contributed by atoms with E-state index < -0.39 is 10.0 Å². The SMILES string of the molecule is COc1cc(OC)c(S(=O)(=O)N2CCNC(C)C2C)c(OC)c1.Cl. The Bertz CT molecular complexity index is 643. The maximum absolute atomic E-state index is 13.2. The predicted molar refractivity (Wildman–Crippen MR) is 94.2 cm³/mol. The lowest BCUT2D eigenvalue weighted by molar-refractivity contribution is 0.231. The molecular weight excluding hydrogens is 356 g/mol. The number of halogens is 1. The first-order chi connectivity index (χ1) is 10.9. The highest BCUT2D eigenvalue weighted by Gasteiger charge is 2.38. The normalized spacial score (nSPS) is 21.7. The first kappa shape index (κ1) is 20.8. The van der Waals surface area contributed by atoms with Gasteiger partial charge in [0.15, 0.2) is 4.90 Å². The zero-order valence-electron chi connectivity index (χ0n) is 14.5. The smallest absolute Gasteiger partial charge is 0.250 e. The summed E-state index contributed by atoms with van der Waals surface area (Å²) in [6.45, 7) is 4.85. The van der Waals surface area contributed by atoms with E-state index in [0.29, 0.717) is 18.8 Å². The second-order valence-corrected chi connectivity index (χ2v) is 7.29. The van der Waals surface area contributed by atoms with E-state index in [4.69, 9.17) is 14.2 Å². The highest BCUT2D eigenvalue weighted by Crippen LogP contribution is 2.40. The molecule has 2 rings (SSSR count). The van der Waals surface area contributed by atoms with E-state index in [1.165, 1.54) is 25.6 Å². The molecule has 0 amide bonds. The number of ether oxygens (including phenoxy) is 3. The second kappa shape index (κ2) is 8.24. The summed E-state index contributed by atoms with van der Waals surface area (Å²) in [7, 11) is 0.591. The fraction of sp³-hybridized carbons (Fsp3) is 0.600. The Morgan fingerprint density at radius 3 is 2.08 bits per heavy atom. The van der Waals surface area contributed by atoms with E-state index in [2.05, 4.69) is 5.32 Å². The van der Waals surface area contributed by atoms with Gasteiger partial charge in [-0.3, -0.25) is 0 Å². The van der Waals surface area contributed by atoms with Crippen LogP contribution in [0.2, 0.25) is 0 Å². The summed E-state index contributed by atoms with van der Waals surface area (Å²) < 4.78 is 43.6. The quantitative estimate of drug-likeness (QED) is 0.834. The van der Waals surface area contributed by atoms with Gasteiger partial charge in [-0.1, -0.05) is 0 Å². The van der Waals surface area contributed by atoms with Crippen molar-refractivity contribution >= 4 is 22.4 Å². The van der Waals surface area contributed by atoms with Crippen LogP contribution < -0.4 is 19.5 Å². The third-order valence-corrected chi connectivity index (χ3v) is 6.26. The number of hydrogen-bond donors (Lipinski definition) is 1. The molecule has 0 aliphatic carbocycles. The van der Waals surface area contributed by atoms with Crippen LogP contribution in [0.3, 0.4) is 0 Å². The van der Waals surface area contributed by atoms with Crippen molar-refractivity contribution in [3.8, 4) is 17.2 Å². The zero-order valence-corrected chi connectivity index (χ0v) is 16.2. The number of nitrogens with zero attached hydrogens (tertiary/aromatic N) is 1. The molecule has 1 aromatic carbocycles. The van der Waals surface area contributed by atoms with E-state index in [1.54, 1.807) is 12.1 Å². The topological polar surface area (TPSA) is 77.1 Å². The molecular formula is C15H25ClN2O5S. The molecule has 1 aromatic rings. The van der Waals surface area contributed by atoms with Crippen LogP contribution in [0.15, 0.2) is 17.0 Å². The van der Waals surface area contributed by atoms with Gasteiger partial charge in [0.25, 0.3) is 10.0 Å². The minimum Gasteiger partial charge on any atom is -0.496 e. The monoisotopic (exact) mass is 380 g/mol. The summed E-state index contributed by atoms with van der Waals surface area (Å²) in [5, 5.41) is 3.27. The minimum atomic E-state index is -3.77. The molecule has 1 aliphatic rings. The molecule has 1 saturated heterocycles. The maximum atomic E-state index is 13.2. The van der Waals surface area contributed by atoms with Crippen LogP contribution in [0.25, 0.3) is 0 Å². The first-order valence-electron chi connectivity index (χ1n) is 7.42. The number of hydrogen-bond acceptors (Lipinski definition) is 6. The third kappa shape index (κ3) is 3.72. The van der Waals surface area contributed by atoms with Gasteiger partial charge in [0.05, 0.1) is 21.3 Å². The van der Waals surface area contributed by atoms with Crippen molar-refractivity contribution in [3.05, 3.63) is 12.1 Å². The van der Waals surface area contributed by atoms with Crippen molar-refractivity contribution in [2.45, 2.75) is 30.8 Å². The highest BCUT2D eigenvalue weighted by molar-refractivity contribution is 7.89. The van der Waals surface area contributed by atoms with Crippen LogP contribution in [0, 0.1) is 0 Å². The van der Waals surface area contributed by atoms with Crippen molar-refractivity contribution in [1.82, 2.24) is 9.62 Å². The standard InChI is InChI=1S/C15H24N2O5S.ClH/c1-10-11(2)17(7-6-16-10)23(18,19)15-13(21-4)8-12(20-3)9-14(15)22-5;/h8-11,16H,6-7H2,1-5H3;1H.